The third-order valence-corrected chi connectivity index (χ3v) is 10.3. The lowest BCUT2D eigenvalue weighted by Gasteiger charge is -2.28. The van der Waals surface area contributed by atoms with Crippen molar-refractivity contribution in [2.45, 2.75) is 12.0 Å². The summed E-state index contributed by atoms with van der Waals surface area (Å²) in [6, 6.07) is 58.2. The Balaban J connectivity index is 1.02. The van der Waals surface area contributed by atoms with E-state index in [4.69, 9.17) is 0 Å². The molecule has 0 spiro atoms. The Morgan fingerprint density at radius 2 is 1.08 bits per heavy atom. The van der Waals surface area contributed by atoms with E-state index in [9.17, 15) is 0 Å². The Hall–Kier alpha value is -6.12. The van der Waals surface area contributed by atoms with Gasteiger partial charge in [-0.1, -0.05) is 127 Å². The van der Waals surface area contributed by atoms with Crippen LogP contribution in [0.4, 0.5) is 11.4 Å². The topological polar surface area (TPSA) is 8.17 Å². The fraction of sp³-hybridized carbons (Fsp3) is 0.0435. The molecule has 0 saturated heterocycles. The smallest absolute Gasteiger partial charge is 0.0629 e. The van der Waals surface area contributed by atoms with Gasteiger partial charge in [-0.3, -0.25) is 0 Å². The fourth-order valence-electron chi connectivity index (χ4n) is 8.01. The summed E-state index contributed by atoms with van der Waals surface area (Å²) in [5.41, 5.74) is 12.5. The van der Waals surface area contributed by atoms with Crippen molar-refractivity contribution in [3.05, 3.63) is 188 Å². The highest BCUT2D eigenvalue weighted by Crippen LogP contribution is 2.48. The van der Waals surface area contributed by atoms with E-state index in [0.717, 1.165) is 0 Å². The molecule has 1 aliphatic heterocycles. The van der Waals surface area contributed by atoms with Crippen LogP contribution >= 0.6 is 0 Å². The zero-order valence-corrected chi connectivity index (χ0v) is 26.4. The van der Waals surface area contributed by atoms with Crippen molar-refractivity contribution >= 4 is 44.0 Å². The third-order valence-electron chi connectivity index (χ3n) is 10.3. The quantitative estimate of drug-likeness (QED) is 0.192. The molecule has 226 valence electrons. The van der Waals surface area contributed by atoms with Crippen LogP contribution in [-0.2, 0) is 0 Å². The molecule has 2 heteroatoms. The summed E-state index contributed by atoms with van der Waals surface area (Å²) in [5.74, 6) is 0.341. The van der Waals surface area contributed by atoms with Gasteiger partial charge in [0.2, 0.25) is 0 Å². The molecule has 0 amide bonds. The first-order chi connectivity index (χ1) is 23.8. The molecule has 7 aromatic carbocycles. The van der Waals surface area contributed by atoms with Crippen molar-refractivity contribution in [1.29, 1.82) is 0 Å². The van der Waals surface area contributed by atoms with Gasteiger partial charge in [0.15, 0.2) is 0 Å². The lowest BCUT2D eigenvalue weighted by atomic mass is 9.89. The Morgan fingerprint density at radius 3 is 1.94 bits per heavy atom. The molecule has 2 unspecified atom stereocenters. The Kier molecular flexibility index (Phi) is 6.04. The van der Waals surface area contributed by atoms with E-state index in [2.05, 4.69) is 191 Å². The molecule has 0 N–H and O–H groups in total. The number of benzene rings is 7. The Labute approximate surface area is 280 Å². The van der Waals surface area contributed by atoms with Crippen molar-refractivity contribution in [1.82, 2.24) is 4.57 Å². The van der Waals surface area contributed by atoms with Crippen molar-refractivity contribution in [2.75, 3.05) is 4.90 Å². The molecule has 10 rings (SSSR count). The minimum Gasteiger partial charge on any atom is -0.333 e. The van der Waals surface area contributed by atoms with E-state index < -0.39 is 0 Å². The number of nitrogens with zero attached hydrogens (tertiary/aromatic N) is 2. The zero-order chi connectivity index (χ0) is 31.6. The molecule has 2 nitrogen and oxygen atoms in total. The highest BCUT2D eigenvalue weighted by molar-refractivity contribution is 6.10. The second-order valence-corrected chi connectivity index (χ2v) is 13.0. The maximum absolute atomic E-state index is 2.49. The van der Waals surface area contributed by atoms with Gasteiger partial charge in [0.25, 0.3) is 0 Å². The number of hydrogen-bond donors (Lipinski definition) is 0. The highest BCUT2D eigenvalue weighted by atomic mass is 15.2. The lowest BCUT2D eigenvalue weighted by Crippen LogP contribution is -2.28. The number of allylic oxidation sites excluding steroid dienone is 2. The van der Waals surface area contributed by atoms with Crippen LogP contribution in [0.5, 0.6) is 0 Å². The minimum absolute atomic E-state index is 0.298. The predicted octanol–water partition coefficient (Wildman–Crippen LogP) is 12.0. The average Bonchev–Trinajstić information content (AvgIpc) is 3.67. The van der Waals surface area contributed by atoms with Gasteiger partial charge in [-0.05, 0) is 93.2 Å². The first-order valence-corrected chi connectivity index (χ1v) is 16.8. The maximum atomic E-state index is 2.49. The Bertz CT molecular complexity index is 2570. The van der Waals surface area contributed by atoms with Gasteiger partial charge >= 0.3 is 0 Å². The fourth-order valence-corrected chi connectivity index (χ4v) is 8.01. The first kappa shape index (κ1) is 27.0. The molecule has 0 saturated carbocycles. The van der Waals surface area contributed by atoms with Gasteiger partial charge < -0.3 is 9.47 Å². The van der Waals surface area contributed by atoms with Crippen molar-refractivity contribution in [3.63, 3.8) is 0 Å². The molecule has 48 heavy (non-hydrogen) atoms. The second kappa shape index (κ2) is 10.7. The predicted molar refractivity (Wildman–Crippen MR) is 203 cm³/mol. The van der Waals surface area contributed by atoms with E-state index in [-0.39, 0.29) is 0 Å². The van der Waals surface area contributed by atoms with Gasteiger partial charge in [0.1, 0.15) is 0 Å². The average molecular weight is 613 g/mol. The molecule has 2 atom stereocenters. The molecule has 0 bridgehead atoms. The van der Waals surface area contributed by atoms with Crippen LogP contribution in [0.25, 0.3) is 60.5 Å². The minimum atomic E-state index is 0.298. The summed E-state index contributed by atoms with van der Waals surface area (Å²) in [7, 11) is 0. The van der Waals surface area contributed by atoms with Crippen molar-refractivity contribution in [2.24, 2.45) is 0 Å². The normalized spacial score (nSPS) is 16.5. The third kappa shape index (κ3) is 4.19. The van der Waals surface area contributed by atoms with Crippen LogP contribution < -0.4 is 4.90 Å². The van der Waals surface area contributed by atoms with Crippen molar-refractivity contribution in [3.8, 4) is 27.9 Å². The van der Waals surface area contributed by atoms with Gasteiger partial charge in [-0.25, -0.2) is 0 Å². The van der Waals surface area contributed by atoms with Gasteiger partial charge in [-0.15, -0.1) is 0 Å². The summed E-state index contributed by atoms with van der Waals surface area (Å²) in [5, 5.41) is 5.05. The van der Waals surface area contributed by atoms with E-state index in [1.165, 1.54) is 77.5 Å². The number of para-hydroxylation sites is 2. The standard InChI is InChI=1S/C46H32N2/c1-2-12-37(13-3-1)47-43-16-8-6-14-39(43)41-29-35(23-26-45(41)47)32-18-20-33(21-19-32)36-24-27-46-42(30-36)40-15-7-9-17-44(40)48(46)38-25-22-31-10-4-5-11-34(31)28-38/h1-30,39,43H. The van der Waals surface area contributed by atoms with Gasteiger partial charge in [-0.2, -0.15) is 0 Å². The lowest BCUT2D eigenvalue weighted by molar-refractivity contribution is 0.745. The molecular formula is C46H32N2. The summed E-state index contributed by atoms with van der Waals surface area (Å²) >= 11 is 0. The molecule has 1 aliphatic carbocycles. The monoisotopic (exact) mass is 612 g/mol. The molecule has 1 aromatic heterocycles. The number of anilines is 2. The first-order valence-electron chi connectivity index (χ1n) is 16.8. The van der Waals surface area contributed by atoms with E-state index in [1.54, 1.807) is 0 Å². The second-order valence-electron chi connectivity index (χ2n) is 13.0. The molecule has 8 aromatic rings. The Morgan fingerprint density at radius 1 is 0.417 bits per heavy atom. The molecule has 2 aliphatic rings. The number of aromatic nitrogens is 1. The van der Waals surface area contributed by atoms with Crippen LogP contribution in [0.3, 0.4) is 0 Å². The van der Waals surface area contributed by atoms with Crippen LogP contribution in [0.1, 0.15) is 11.5 Å². The highest BCUT2D eigenvalue weighted by Gasteiger charge is 2.37. The SMILES string of the molecule is C1=CC2c3cc(-c4ccc(-c5ccc6c(c5)c5ccccc5n6-c5ccc6ccccc6c5)cc4)ccc3N(c3ccccc3)C2C=C1. The summed E-state index contributed by atoms with van der Waals surface area (Å²) < 4.78 is 2.40. The van der Waals surface area contributed by atoms with Crippen LogP contribution in [0.15, 0.2) is 182 Å². The van der Waals surface area contributed by atoms with Crippen molar-refractivity contribution < 1.29 is 0 Å². The van der Waals surface area contributed by atoms with Gasteiger partial charge in [0, 0.05) is 33.8 Å². The van der Waals surface area contributed by atoms with Crippen LogP contribution in [0.2, 0.25) is 0 Å². The van der Waals surface area contributed by atoms with E-state index >= 15 is 0 Å². The number of fused-ring (bicyclic) bond motifs is 7. The summed E-state index contributed by atoms with van der Waals surface area (Å²) in [4.78, 5) is 2.49. The summed E-state index contributed by atoms with van der Waals surface area (Å²) in [6.07, 6.45) is 9.06. The molecule has 2 heterocycles. The summed E-state index contributed by atoms with van der Waals surface area (Å²) in [6.45, 7) is 0. The number of hydrogen-bond acceptors (Lipinski definition) is 1. The largest absolute Gasteiger partial charge is 0.333 e. The maximum Gasteiger partial charge on any atom is 0.0629 e. The van der Waals surface area contributed by atoms with E-state index in [0.29, 0.717) is 12.0 Å². The van der Waals surface area contributed by atoms with Gasteiger partial charge in [0.05, 0.1) is 17.1 Å². The van der Waals surface area contributed by atoms with Crippen LogP contribution in [-0.4, -0.2) is 10.6 Å². The van der Waals surface area contributed by atoms with Crippen LogP contribution in [0, 0.1) is 0 Å². The molecule has 0 fully saturated rings. The van der Waals surface area contributed by atoms with E-state index in [1.807, 2.05) is 0 Å². The molecular weight excluding hydrogens is 581 g/mol. The number of rotatable bonds is 4. The zero-order valence-electron chi connectivity index (χ0n) is 26.4. The molecule has 0 radical (unpaired) electrons.